The van der Waals surface area contributed by atoms with Gasteiger partial charge in [-0.05, 0) is 16.3 Å². The lowest BCUT2D eigenvalue weighted by Gasteiger charge is -2.14. The first-order valence-electron chi connectivity index (χ1n) is 5.74. The number of hydrogen-bond acceptors (Lipinski definition) is 0. The number of nitrogens with zero attached hydrogens (tertiary/aromatic N) is 1. The molecule has 1 unspecified atom stereocenters. The first-order chi connectivity index (χ1) is 8.36. The lowest BCUT2D eigenvalue weighted by molar-refractivity contribution is 0.662. The fourth-order valence-corrected chi connectivity index (χ4v) is 2.00. The van der Waals surface area contributed by atoms with Gasteiger partial charge in [0.05, 0.1) is 6.04 Å². The summed E-state index contributed by atoms with van der Waals surface area (Å²) in [7, 11) is 0. The molecule has 2 aromatic carbocycles. The van der Waals surface area contributed by atoms with Crippen LogP contribution in [0.1, 0.15) is 11.6 Å². The third-order valence-corrected chi connectivity index (χ3v) is 2.80. The smallest absolute Gasteiger partial charge is 0.0683 e. The van der Waals surface area contributed by atoms with Crippen molar-refractivity contribution in [3.8, 4) is 0 Å². The van der Waals surface area contributed by atoms with E-state index in [4.69, 9.17) is 0 Å². The molecule has 0 aromatic heterocycles. The third-order valence-electron chi connectivity index (χ3n) is 2.80. The monoisotopic (exact) mass is 222 g/mol. The molecule has 85 valence electrons. The SMILES string of the molecule is C=CC[N]C(C=C)c1cccc2ccccc12. The maximum atomic E-state index is 4.54. The van der Waals surface area contributed by atoms with Gasteiger partial charge in [0, 0.05) is 6.54 Å². The number of fused-ring (bicyclic) bond motifs is 1. The van der Waals surface area contributed by atoms with Crippen molar-refractivity contribution in [1.29, 1.82) is 0 Å². The van der Waals surface area contributed by atoms with Gasteiger partial charge >= 0.3 is 0 Å². The molecule has 1 heteroatoms. The summed E-state index contributed by atoms with van der Waals surface area (Å²) in [5, 5.41) is 7.03. The van der Waals surface area contributed by atoms with Gasteiger partial charge in [-0.25, -0.2) is 5.32 Å². The van der Waals surface area contributed by atoms with Crippen molar-refractivity contribution >= 4 is 10.8 Å². The Morgan fingerprint density at radius 3 is 2.59 bits per heavy atom. The van der Waals surface area contributed by atoms with E-state index < -0.39 is 0 Å². The summed E-state index contributed by atoms with van der Waals surface area (Å²) in [5.74, 6) is 0. The summed E-state index contributed by atoms with van der Waals surface area (Å²) < 4.78 is 0. The number of rotatable bonds is 5. The average Bonchev–Trinajstić information content (AvgIpc) is 2.40. The Hall–Kier alpha value is -1.86. The molecular formula is C16H16N. The number of hydrogen-bond donors (Lipinski definition) is 0. The van der Waals surface area contributed by atoms with Crippen molar-refractivity contribution in [2.75, 3.05) is 6.54 Å². The quantitative estimate of drug-likeness (QED) is 0.682. The van der Waals surface area contributed by atoms with Crippen molar-refractivity contribution in [2.24, 2.45) is 0 Å². The van der Waals surface area contributed by atoms with Gasteiger partial charge in [-0.1, -0.05) is 54.6 Å². The fourth-order valence-electron chi connectivity index (χ4n) is 2.00. The van der Waals surface area contributed by atoms with E-state index in [1.165, 1.54) is 16.3 Å². The van der Waals surface area contributed by atoms with Crippen molar-refractivity contribution in [2.45, 2.75) is 6.04 Å². The highest BCUT2D eigenvalue weighted by molar-refractivity contribution is 5.86. The first kappa shape index (κ1) is 11.6. The Morgan fingerprint density at radius 2 is 1.82 bits per heavy atom. The molecule has 1 radical (unpaired) electrons. The topological polar surface area (TPSA) is 14.1 Å². The van der Waals surface area contributed by atoms with Crippen molar-refractivity contribution in [3.63, 3.8) is 0 Å². The summed E-state index contributed by atoms with van der Waals surface area (Å²) in [6.45, 7) is 8.22. The fraction of sp³-hybridized carbons (Fsp3) is 0.125. The van der Waals surface area contributed by atoms with E-state index in [1.54, 1.807) is 0 Å². The molecule has 1 nitrogen and oxygen atoms in total. The van der Waals surface area contributed by atoms with Crippen LogP contribution >= 0.6 is 0 Å². The molecule has 0 amide bonds. The molecule has 0 bridgehead atoms. The van der Waals surface area contributed by atoms with Crippen LogP contribution in [0.25, 0.3) is 10.8 Å². The van der Waals surface area contributed by atoms with Crippen LogP contribution in [0, 0.1) is 0 Å². The van der Waals surface area contributed by atoms with Gasteiger partial charge in [0.25, 0.3) is 0 Å². The van der Waals surface area contributed by atoms with Crippen LogP contribution in [0.2, 0.25) is 0 Å². The maximum absolute atomic E-state index is 4.54. The molecule has 1 atom stereocenters. The van der Waals surface area contributed by atoms with E-state index in [9.17, 15) is 0 Å². The molecule has 0 saturated carbocycles. The van der Waals surface area contributed by atoms with Gasteiger partial charge in [-0.2, -0.15) is 0 Å². The second-order valence-electron chi connectivity index (χ2n) is 3.90. The van der Waals surface area contributed by atoms with Gasteiger partial charge in [-0.3, -0.25) is 0 Å². The van der Waals surface area contributed by atoms with E-state index in [-0.39, 0.29) is 6.04 Å². The van der Waals surface area contributed by atoms with Gasteiger partial charge < -0.3 is 0 Å². The highest BCUT2D eigenvalue weighted by Gasteiger charge is 2.10. The largest absolute Gasteiger partial charge is 0.225 e. The Kier molecular flexibility index (Phi) is 3.73. The van der Waals surface area contributed by atoms with Crippen molar-refractivity contribution in [3.05, 3.63) is 73.3 Å². The molecule has 0 heterocycles. The Balaban J connectivity index is 2.45. The van der Waals surface area contributed by atoms with Crippen LogP contribution in [0.3, 0.4) is 0 Å². The van der Waals surface area contributed by atoms with Crippen molar-refractivity contribution < 1.29 is 0 Å². The van der Waals surface area contributed by atoms with Crippen molar-refractivity contribution in [1.82, 2.24) is 5.32 Å². The zero-order valence-corrected chi connectivity index (χ0v) is 9.84. The molecule has 2 rings (SSSR count). The van der Waals surface area contributed by atoms with E-state index in [1.807, 2.05) is 12.2 Å². The predicted molar refractivity (Wildman–Crippen MR) is 74.1 cm³/mol. The van der Waals surface area contributed by atoms with Crippen LogP contribution in [0.15, 0.2) is 67.8 Å². The summed E-state index contributed by atoms with van der Waals surface area (Å²) in [5.41, 5.74) is 1.21. The summed E-state index contributed by atoms with van der Waals surface area (Å²) in [6, 6.07) is 14.7. The molecule has 0 fully saturated rings. The van der Waals surface area contributed by atoms with Gasteiger partial charge in [0.1, 0.15) is 0 Å². The van der Waals surface area contributed by atoms with E-state index in [0.717, 1.165) is 0 Å². The molecule has 2 aromatic rings. The maximum Gasteiger partial charge on any atom is 0.0683 e. The van der Waals surface area contributed by atoms with Crippen LogP contribution < -0.4 is 5.32 Å². The Bertz CT molecular complexity index is 523. The molecule has 0 spiro atoms. The molecule has 0 N–H and O–H groups in total. The van der Waals surface area contributed by atoms with E-state index in [2.05, 4.69) is 60.9 Å². The highest BCUT2D eigenvalue weighted by atomic mass is 14.9. The van der Waals surface area contributed by atoms with E-state index in [0.29, 0.717) is 6.54 Å². The summed E-state index contributed by atoms with van der Waals surface area (Å²) >= 11 is 0. The lowest BCUT2D eigenvalue weighted by atomic mass is 9.99. The minimum Gasteiger partial charge on any atom is -0.225 e. The normalized spacial score (nSPS) is 12.2. The number of benzene rings is 2. The third kappa shape index (κ3) is 2.45. The average molecular weight is 222 g/mol. The zero-order valence-electron chi connectivity index (χ0n) is 9.84. The zero-order chi connectivity index (χ0) is 12.1. The first-order valence-corrected chi connectivity index (χ1v) is 5.74. The minimum atomic E-state index is 0.0408. The predicted octanol–water partition coefficient (Wildman–Crippen LogP) is 3.86. The van der Waals surface area contributed by atoms with Crippen LogP contribution in [0.5, 0.6) is 0 Å². The molecular weight excluding hydrogens is 206 g/mol. The second kappa shape index (κ2) is 5.46. The van der Waals surface area contributed by atoms with Gasteiger partial charge in [0.15, 0.2) is 0 Å². The van der Waals surface area contributed by atoms with Crippen LogP contribution in [-0.4, -0.2) is 6.54 Å². The molecule has 0 aliphatic rings. The second-order valence-corrected chi connectivity index (χ2v) is 3.90. The van der Waals surface area contributed by atoms with Crippen LogP contribution in [0.4, 0.5) is 0 Å². The Morgan fingerprint density at radius 1 is 1.06 bits per heavy atom. The molecule has 0 aliphatic carbocycles. The highest BCUT2D eigenvalue weighted by Crippen LogP contribution is 2.25. The van der Waals surface area contributed by atoms with Gasteiger partial charge in [0.2, 0.25) is 0 Å². The molecule has 17 heavy (non-hydrogen) atoms. The molecule has 0 aliphatic heterocycles. The van der Waals surface area contributed by atoms with E-state index >= 15 is 0 Å². The van der Waals surface area contributed by atoms with Gasteiger partial charge in [-0.15, -0.1) is 13.2 Å². The Labute approximate surface area is 102 Å². The molecule has 0 saturated heterocycles. The minimum absolute atomic E-state index is 0.0408. The standard InChI is InChI=1S/C16H16N/c1-3-12-17-16(4-2)15-11-7-9-13-8-5-6-10-14(13)15/h3-11,16H,1-2,12H2. The summed E-state index contributed by atoms with van der Waals surface area (Å²) in [6.07, 6.45) is 3.69. The summed E-state index contributed by atoms with van der Waals surface area (Å²) in [4.78, 5) is 0. The lowest BCUT2D eigenvalue weighted by Crippen LogP contribution is -2.11. The van der Waals surface area contributed by atoms with Crippen LogP contribution in [-0.2, 0) is 0 Å².